The van der Waals surface area contributed by atoms with Gasteiger partial charge < -0.3 is 13.8 Å². The second kappa shape index (κ2) is 11.4. The van der Waals surface area contributed by atoms with Crippen LogP contribution in [0.1, 0.15) is 78.1 Å². The lowest BCUT2D eigenvalue weighted by molar-refractivity contribution is -0.111. The number of nitrogens with one attached hydrogen (secondary N) is 1. The van der Waals surface area contributed by atoms with E-state index < -0.39 is 16.6 Å². The molecule has 0 fully saturated rings. The molecule has 7 nitrogen and oxygen atoms in total. The van der Waals surface area contributed by atoms with Gasteiger partial charge in [0.25, 0.3) is 0 Å². The van der Waals surface area contributed by atoms with Crippen molar-refractivity contribution in [1.29, 1.82) is 0 Å². The summed E-state index contributed by atoms with van der Waals surface area (Å²) >= 11 is 0. The molecule has 0 aliphatic carbocycles. The maximum atomic E-state index is 11.2. The second-order valence-corrected chi connectivity index (χ2v) is 21.6. The van der Waals surface area contributed by atoms with Gasteiger partial charge in [-0.05, 0) is 41.8 Å². The SMILES string of the molecule is CC(=O)C1=NC=C(CO[Si](C)(C)C(C)(C)C)C1.CC(=O)c1ncc(CO[Si](C)(C)C(C)(C)C)[nH]1. The number of nitrogens with zero attached hydrogens (tertiary/aromatic N) is 2. The largest absolute Gasteiger partial charge is 0.413 e. The molecular weight excluding hydrogens is 462 g/mol. The highest BCUT2D eigenvalue weighted by molar-refractivity contribution is 6.74. The Morgan fingerprint density at radius 2 is 1.41 bits per heavy atom. The van der Waals surface area contributed by atoms with Crippen molar-refractivity contribution in [2.75, 3.05) is 6.61 Å². The monoisotopic (exact) mass is 507 g/mol. The maximum absolute atomic E-state index is 11.2. The predicted molar refractivity (Wildman–Crippen MR) is 145 cm³/mol. The van der Waals surface area contributed by atoms with Gasteiger partial charge in [-0.2, -0.15) is 0 Å². The summed E-state index contributed by atoms with van der Waals surface area (Å²) in [6.07, 6.45) is 4.11. The third-order valence-corrected chi connectivity index (χ3v) is 15.9. The molecule has 0 saturated heterocycles. The van der Waals surface area contributed by atoms with Crippen molar-refractivity contribution in [3.63, 3.8) is 0 Å². The van der Waals surface area contributed by atoms with E-state index >= 15 is 0 Å². The highest BCUT2D eigenvalue weighted by Gasteiger charge is 2.38. The van der Waals surface area contributed by atoms with Crippen LogP contribution in [0.5, 0.6) is 0 Å². The average molecular weight is 508 g/mol. The first-order valence-corrected chi connectivity index (χ1v) is 17.7. The van der Waals surface area contributed by atoms with Gasteiger partial charge in [0, 0.05) is 26.5 Å². The predicted octanol–water partition coefficient (Wildman–Crippen LogP) is 6.46. The van der Waals surface area contributed by atoms with Gasteiger partial charge in [-0.1, -0.05) is 41.5 Å². The molecule has 0 saturated carbocycles. The molecule has 34 heavy (non-hydrogen) atoms. The normalized spacial score (nSPS) is 14.8. The van der Waals surface area contributed by atoms with Gasteiger partial charge in [-0.3, -0.25) is 14.6 Å². The summed E-state index contributed by atoms with van der Waals surface area (Å²) in [4.78, 5) is 33.4. The quantitative estimate of drug-likeness (QED) is 0.322. The number of hydrogen-bond donors (Lipinski definition) is 1. The molecule has 1 aliphatic heterocycles. The molecule has 9 heteroatoms. The van der Waals surface area contributed by atoms with Crippen molar-refractivity contribution in [3.05, 3.63) is 29.5 Å². The van der Waals surface area contributed by atoms with E-state index in [9.17, 15) is 9.59 Å². The summed E-state index contributed by atoms with van der Waals surface area (Å²) in [5.74, 6) is 0.408. The zero-order valence-corrected chi connectivity index (χ0v) is 25.3. The van der Waals surface area contributed by atoms with E-state index in [0.29, 0.717) is 31.2 Å². The van der Waals surface area contributed by atoms with Gasteiger partial charge in [0.2, 0.25) is 0 Å². The van der Waals surface area contributed by atoms with E-state index in [1.165, 1.54) is 6.92 Å². The zero-order valence-electron chi connectivity index (χ0n) is 23.3. The smallest absolute Gasteiger partial charge is 0.194 e. The summed E-state index contributed by atoms with van der Waals surface area (Å²) in [6, 6.07) is 0. The van der Waals surface area contributed by atoms with Gasteiger partial charge in [-0.15, -0.1) is 0 Å². The highest BCUT2D eigenvalue weighted by Crippen LogP contribution is 2.37. The standard InChI is InChI=1S/C13H23NO2Si.C12H22N2O2Si/c1-10(15)12-7-11(8-14-12)9-16-17(5,6)13(2,3)4;1-9(15)11-13-7-10(14-11)8-16-17(5,6)12(2,3)4/h8H,7,9H2,1-6H3;7H,8H2,1-6H3,(H,13,14). The van der Waals surface area contributed by atoms with Crippen LogP contribution in [0.15, 0.2) is 23.0 Å². The number of aliphatic imine (C=N–C) groups is 1. The fourth-order valence-corrected chi connectivity index (χ4v) is 4.28. The highest BCUT2D eigenvalue weighted by atomic mass is 28.4. The van der Waals surface area contributed by atoms with Crippen LogP contribution >= 0.6 is 0 Å². The van der Waals surface area contributed by atoms with E-state index in [2.05, 4.69) is 82.7 Å². The molecule has 1 aromatic heterocycles. The first-order chi connectivity index (χ1) is 15.3. The summed E-state index contributed by atoms with van der Waals surface area (Å²) in [6.45, 7) is 26.3. The van der Waals surface area contributed by atoms with Crippen molar-refractivity contribution in [2.24, 2.45) is 4.99 Å². The second-order valence-electron chi connectivity index (χ2n) is 12.0. The molecule has 1 aromatic rings. The molecule has 0 spiro atoms. The molecule has 1 aliphatic rings. The molecule has 2 heterocycles. The van der Waals surface area contributed by atoms with E-state index in [1.54, 1.807) is 19.3 Å². The van der Waals surface area contributed by atoms with Crippen LogP contribution in [0.3, 0.4) is 0 Å². The number of aromatic nitrogens is 2. The molecule has 0 atom stereocenters. The van der Waals surface area contributed by atoms with E-state index in [4.69, 9.17) is 8.85 Å². The molecule has 1 N–H and O–H groups in total. The number of hydrogen-bond acceptors (Lipinski definition) is 6. The van der Waals surface area contributed by atoms with Crippen LogP contribution in [0.2, 0.25) is 36.3 Å². The summed E-state index contributed by atoms with van der Waals surface area (Å²) in [5, 5.41) is 0.410. The number of carbonyl (C=O) groups is 2. The van der Waals surface area contributed by atoms with Crippen molar-refractivity contribution < 1.29 is 18.4 Å². The zero-order chi connectivity index (χ0) is 26.5. The van der Waals surface area contributed by atoms with Crippen LogP contribution in [0, 0.1) is 0 Å². The number of ketones is 2. The summed E-state index contributed by atoms with van der Waals surface area (Å²) in [7, 11) is -3.44. The van der Waals surface area contributed by atoms with E-state index in [-0.39, 0.29) is 21.6 Å². The van der Waals surface area contributed by atoms with Crippen LogP contribution in [-0.2, 0) is 20.3 Å². The minimum absolute atomic E-state index is 0.0522. The topological polar surface area (TPSA) is 93.6 Å². The Hall–Kier alpha value is -1.69. The van der Waals surface area contributed by atoms with E-state index in [1.807, 2.05) is 0 Å². The fraction of sp³-hybridized carbons (Fsp3) is 0.680. The van der Waals surface area contributed by atoms with Crippen molar-refractivity contribution >= 4 is 33.9 Å². The van der Waals surface area contributed by atoms with Gasteiger partial charge in [0.15, 0.2) is 34.0 Å². The van der Waals surface area contributed by atoms with Gasteiger partial charge in [0.05, 0.1) is 30.8 Å². The Kier molecular flexibility index (Phi) is 10.1. The molecule has 2 rings (SSSR count). The number of Topliss-reactive ketones (excluding diaryl/α,β-unsaturated/α-hetero) is 2. The lowest BCUT2D eigenvalue weighted by Crippen LogP contribution is -2.41. The maximum Gasteiger partial charge on any atom is 0.194 e. The summed E-state index contributed by atoms with van der Waals surface area (Å²) in [5.41, 5.74) is 2.62. The van der Waals surface area contributed by atoms with Gasteiger partial charge in [0.1, 0.15) is 0 Å². The first kappa shape index (κ1) is 30.3. The third kappa shape index (κ3) is 8.83. The molecule has 0 unspecified atom stereocenters. The first-order valence-electron chi connectivity index (χ1n) is 11.8. The van der Waals surface area contributed by atoms with Crippen LogP contribution in [0.25, 0.3) is 0 Å². The molecule has 0 radical (unpaired) electrons. The van der Waals surface area contributed by atoms with Crippen molar-refractivity contribution in [2.45, 2.75) is 105 Å². The number of imidazole rings is 1. The Morgan fingerprint density at radius 1 is 0.912 bits per heavy atom. The Labute approximate surface area is 208 Å². The average Bonchev–Trinajstić information content (AvgIpc) is 3.33. The minimum atomic E-state index is -1.74. The van der Waals surface area contributed by atoms with Crippen molar-refractivity contribution in [3.8, 4) is 0 Å². The fourth-order valence-electron chi connectivity index (χ4n) is 2.35. The summed E-state index contributed by atoms with van der Waals surface area (Å²) < 4.78 is 12.1. The van der Waals surface area contributed by atoms with Crippen LogP contribution in [-0.4, -0.2) is 50.5 Å². The number of H-pyrrole nitrogens is 1. The Balaban J connectivity index is 0.000000340. The van der Waals surface area contributed by atoms with Crippen LogP contribution in [0.4, 0.5) is 0 Å². The Bertz CT molecular complexity index is 933. The van der Waals surface area contributed by atoms with Gasteiger partial charge in [-0.25, -0.2) is 4.98 Å². The molecule has 0 bridgehead atoms. The Morgan fingerprint density at radius 3 is 1.79 bits per heavy atom. The number of aromatic amines is 1. The molecule has 192 valence electrons. The van der Waals surface area contributed by atoms with Gasteiger partial charge >= 0.3 is 0 Å². The minimum Gasteiger partial charge on any atom is -0.413 e. The van der Waals surface area contributed by atoms with Crippen molar-refractivity contribution in [1.82, 2.24) is 9.97 Å². The van der Waals surface area contributed by atoms with Crippen LogP contribution < -0.4 is 0 Å². The number of rotatable bonds is 8. The number of carbonyl (C=O) groups excluding carboxylic acids is 2. The van der Waals surface area contributed by atoms with E-state index in [0.717, 1.165) is 11.3 Å². The molecular formula is C25H45N3O4Si2. The lowest BCUT2D eigenvalue weighted by atomic mass is 10.1. The molecule has 0 amide bonds. The third-order valence-electron chi connectivity index (χ3n) is 6.99. The lowest BCUT2D eigenvalue weighted by Gasteiger charge is -2.36. The molecule has 0 aromatic carbocycles.